The van der Waals surface area contributed by atoms with E-state index in [1.807, 2.05) is 0 Å². The Balaban J connectivity index is 3.09. The third-order valence-electron chi connectivity index (χ3n) is 1.33. The van der Waals surface area contributed by atoms with Gasteiger partial charge >= 0.3 is 0 Å². The molecule has 1 rings (SSSR count). The van der Waals surface area contributed by atoms with E-state index >= 15 is 0 Å². The van der Waals surface area contributed by atoms with Crippen LogP contribution in [0.15, 0.2) is 21.7 Å². The monoisotopic (exact) mass is 206 g/mol. The van der Waals surface area contributed by atoms with Gasteiger partial charge in [-0.25, -0.2) is 0 Å². The minimum Gasteiger partial charge on any atom is -0.298 e. The summed E-state index contributed by atoms with van der Waals surface area (Å²) in [5.41, 5.74) is 0.422. The van der Waals surface area contributed by atoms with Crippen LogP contribution in [0.2, 0.25) is 0 Å². The molecular formula is C7H4Cl2OS. The van der Waals surface area contributed by atoms with Crippen molar-refractivity contribution in [3.05, 3.63) is 21.7 Å². The number of hydrogen-bond donors (Lipinski definition) is 0. The van der Waals surface area contributed by atoms with Crippen LogP contribution in [0.1, 0.15) is 6.42 Å². The van der Waals surface area contributed by atoms with Crippen LogP contribution in [0, 0.1) is 0 Å². The van der Waals surface area contributed by atoms with Crippen molar-refractivity contribution in [2.45, 2.75) is 6.42 Å². The molecule has 0 radical (unpaired) electrons. The Hall–Kier alpha value is -0.180. The summed E-state index contributed by atoms with van der Waals surface area (Å²) in [5, 5.41) is 0.587. The van der Waals surface area contributed by atoms with Crippen LogP contribution in [0.4, 0.5) is 0 Å². The molecule has 0 aromatic carbocycles. The maximum atomic E-state index is 10.3. The third kappa shape index (κ3) is 1.70. The fourth-order valence-corrected chi connectivity index (χ4v) is 1.39. The first-order chi connectivity index (χ1) is 5.16. The van der Waals surface area contributed by atoms with E-state index in [2.05, 4.69) is 0 Å². The average Bonchev–Trinajstić information content (AvgIpc) is 2.01. The molecule has 1 nitrogen and oxygen atoms in total. The number of halogens is 2. The molecule has 0 fully saturated rings. The largest absolute Gasteiger partial charge is 0.298 e. The van der Waals surface area contributed by atoms with Crippen molar-refractivity contribution in [2.75, 3.05) is 0 Å². The third-order valence-corrected chi connectivity index (χ3v) is 2.73. The van der Waals surface area contributed by atoms with Crippen molar-refractivity contribution in [3.8, 4) is 0 Å². The van der Waals surface area contributed by atoms with Gasteiger partial charge in [-0.05, 0) is 0 Å². The van der Waals surface area contributed by atoms with E-state index in [1.54, 1.807) is 6.08 Å². The number of hydrogen-bond acceptors (Lipinski definition) is 2. The van der Waals surface area contributed by atoms with Crippen LogP contribution in [0.25, 0.3) is 0 Å². The number of allylic oxidation sites excluding steroid dienone is 4. The molecule has 0 unspecified atom stereocenters. The van der Waals surface area contributed by atoms with Gasteiger partial charge in [0, 0.05) is 16.9 Å². The fraction of sp³-hybridized carbons (Fsp3) is 0.143. The molecule has 1 aliphatic carbocycles. The quantitative estimate of drug-likeness (QED) is 0.485. The van der Waals surface area contributed by atoms with Crippen LogP contribution in [-0.2, 0) is 4.79 Å². The Morgan fingerprint density at radius 2 is 2.09 bits per heavy atom. The second-order valence-electron chi connectivity index (χ2n) is 2.03. The molecule has 0 aromatic rings. The molecule has 0 bridgehead atoms. The topological polar surface area (TPSA) is 17.1 Å². The second-order valence-corrected chi connectivity index (χ2v) is 3.28. The van der Waals surface area contributed by atoms with E-state index in [-0.39, 0.29) is 5.03 Å². The first kappa shape index (κ1) is 8.91. The van der Waals surface area contributed by atoms with Crippen LogP contribution in [-0.4, -0.2) is 11.2 Å². The van der Waals surface area contributed by atoms with E-state index in [1.165, 1.54) is 0 Å². The molecule has 0 saturated heterocycles. The van der Waals surface area contributed by atoms with Crippen molar-refractivity contribution in [2.24, 2.45) is 0 Å². The lowest BCUT2D eigenvalue weighted by atomic mass is 10.1. The lowest BCUT2D eigenvalue weighted by Gasteiger charge is -2.09. The standard InChI is InChI=1S/C7H4Cl2OS/c8-6-4(3-10)1-2-5(11)7(6)9/h1,3H,2H2. The molecule has 0 saturated carbocycles. The molecule has 0 amide bonds. The molecule has 0 heterocycles. The number of carbonyl (C=O) groups is 1. The van der Waals surface area contributed by atoms with Crippen LogP contribution < -0.4 is 0 Å². The van der Waals surface area contributed by atoms with Crippen molar-refractivity contribution < 1.29 is 4.79 Å². The van der Waals surface area contributed by atoms with Gasteiger partial charge in [-0.2, -0.15) is 0 Å². The minimum absolute atomic E-state index is 0.262. The highest BCUT2D eigenvalue weighted by molar-refractivity contribution is 7.81. The molecular weight excluding hydrogens is 203 g/mol. The summed E-state index contributed by atoms with van der Waals surface area (Å²) in [6.07, 6.45) is 2.87. The number of aldehydes is 1. The van der Waals surface area contributed by atoms with Gasteiger partial charge in [0.25, 0.3) is 0 Å². The number of thiocarbonyl (C=S) groups is 1. The van der Waals surface area contributed by atoms with Crippen LogP contribution in [0.3, 0.4) is 0 Å². The summed E-state index contributed by atoms with van der Waals surface area (Å²) in [6.45, 7) is 0. The zero-order valence-corrected chi connectivity index (χ0v) is 7.76. The number of carbonyl (C=O) groups excluding carboxylic acids is 1. The first-order valence-electron chi connectivity index (χ1n) is 2.91. The van der Waals surface area contributed by atoms with Crippen LogP contribution in [0.5, 0.6) is 0 Å². The van der Waals surface area contributed by atoms with E-state index in [9.17, 15) is 4.79 Å². The van der Waals surface area contributed by atoms with Crippen molar-refractivity contribution in [1.29, 1.82) is 0 Å². The summed E-state index contributed by atoms with van der Waals surface area (Å²) in [6, 6.07) is 0. The van der Waals surface area contributed by atoms with Crippen LogP contribution >= 0.6 is 35.4 Å². The van der Waals surface area contributed by atoms with Gasteiger partial charge in [0.05, 0.1) is 10.1 Å². The molecule has 0 atom stereocenters. The fourth-order valence-electron chi connectivity index (χ4n) is 0.731. The van der Waals surface area contributed by atoms with Gasteiger partial charge in [-0.1, -0.05) is 41.5 Å². The molecule has 58 valence electrons. The maximum Gasteiger partial charge on any atom is 0.151 e. The summed E-state index contributed by atoms with van der Waals surface area (Å²) in [5.74, 6) is 0. The van der Waals surface area contributed by atoms with E-state index < -0.39 is 0 Å². The SMILES string of the molecule is O=CC1=CCC(=S)C(Cl)=C1Cl. The molecule has 0 aliphatic heterocycles. The molecule has 1 aliphatic rings. The molecule has 0 aromatic heterocycles. The summed E-state index contributed by atoms with van der Waals surface area (Å²) in [4.78, 5) is 10.9. The Labute approximate surface area is 79.7 Å². The lowest BCUT2D eigenvalue weighted by molar-refractivity contribution is -0.104. The predicted octanol–water partition coefficient (Wildman–Crippen LogP) is 2.57. The van der Waals surface area contributed by atoms with Gasteiger partial charge < -0.3 is 0 Å². The summed E-state index contributed by atoms with van der Waals surface area (Å²) >= 11 is 16.3. The highest BCUT2D eigenvalue weighted by Gasteiger charge is 2.15. The highest BCUT2D eigenvalue weighted by Crippen LogP contribution is 2.27. The lowest BCUT2D eigenvalue weighted by Crippen LogP contribution is -2.03. The van der Waals surface area contributed by atoms with Crippen molar-refractivity contribution in [1.82, 2.24) is 0 Å². The maximum absolute atomic E-state index is 10.3. The first-order valence-corrected chi connectivity index (χ1v) is 4.07. The zero-order chi connectivity index (χ0) is 8.43. The van der Waals surface area contributed by atoms with Gasteiger partial charge in [-0.15, -0.1) is 0 Å². The predicted molar refractivity (Wildman–Crippen MR) is 50.1 cm³/mol. The Kier molecular flexibility index (Phi) is 2.82. The van der Waals surface area contributed by atoms with Crippen molar-refractivity contribution in [3.63, 3.8) is 0 Å². The van der Waals surface area contributed by atoms with Gasteiger partial charge in [0.1, 0.15) is 0 Å². The normalized spacial score (nSPS) is 18.4. The second kappa shape index (κ2) is 3.48. The highest BCUT2D eigenvalue weighted by atomic mass is 35.5. The summed E-state index contributed by atoms with van der Waals surface area (Å²) in [7, 11) is 0. The molecule has 11 heavy (non-hydrogen) atoms. The average molecular weight is 207 g/mol. The summed E-state index contributed by atoms with van der Waals surface area (Å²) < 4.78 is 0. The minimum atomic E-state index is 0.262. The van der Waals surface area contributed by atoms with E-state index in [4.69, 9.17) is 35.4 Å². The van der Waals surface area contributed by atoms with E-state index in [0.29, 0.717) is 28.2 Å². The molecule has 0 N–H and O–H groups in total. The van der Waals surface area contributed by atoms with Gasteiger partial charge in [-0.3, -0.25) is 4.79 Å². The van der Waals surface area contributed by atoms with E-state index in [0.717, 1.165) is 0 Å². The van der Waals surface area contributed by atoms with Gasteiger partial charge in [0.15, 0.2) is 6.29 Å². The Bertz CT molecular complexity index is 278. The van der Waals surface area contributed by atoms with Gasteiger partial charge in [0.2, 0.25) is 0 Å². The van der Waals surface area contributed by atoms with Crippen molar-refractivity contribution >= 4 is 46.6 Å². The number of rotatable bonds is 1. The molecule has 0 spiro atoms. The smallest absolute Gasteiger partial charge is 0.151 e. The Morgan fingerprint density at radius 1 is 1.45 bits per heavy atom. The molecule has 4 heteroatoms. The zero-order valence-electron chi connectivity index (χ0n) is 5.43. The Morgan fingerprint density at radius 3 is 2.64 bits per heavy atom.